The summed E-state index contributed by atoms with van der Waals surface area (Å²) in [6.07, 6.45) is 0. The fraction of sp³-hybridized carbons (Fsp3) is 0.455. The molecule has 1 fully saturated rings. The van der Waals surface area contributed by atoms with Crippen LogP contribution in [0.2, 0.25) is 0 Å². The van der Waals surface area contributed by atoms with Gasteiger partial charge in [-0.15, -0.1) is 0 Å². The Morgan fingerprint density at radius 3 is 2.76 bits per heavy atom. The van der Waals surface area contributed by atoms with Crippen LogP contribution in [0.4, 0.5) is 0 Å². The Balaban J connectivity index is 2.39. The quantitative estimate of drug-likeness (QED) is 0.897. The Kier molecular flexibility index (Phi) is 3.87. The summed E-state index contributed by atoms with van der Waals surface area (Å²) in [6, 6.07) is 6.92. The number of nitrogens with one attached hydrogen (secondary N) is 1. The van der Waals surface area contributed by atoms with Crippen LogP contribution in [0.1, 0.15) is 6.92 Å². The summed E-state index contributed by atoms with van der Waals surface area (Å²) in [5, 5.41) is 3.18. The van der Waals surface area contributed by atoms with Crippen molar-refractivity contribution in [3.05, 3.63) is 28.7 Å². The van der Waals surface area contributed by atoms with E-state index in [-0.39, 0.29) is 6.04 Å². The molecule has 6 heteroatoms. The fourth-order valence-electron chi connectivity index (χ4n) is 1.96. The average molecular weight is 319 g/mol. The van der Waals surface area contributed by atoms with Gasteiger partial charge in [-0.2, -0.15) is 4.31 Å². The van der Waals surface area contributed by atoms with Crippen LogP contribution in [0.25, 0.3) is 0 Å². The van der Waals surface area contributed by atoms with Crippen molar-refractivity contribution in [2.45, 2.75) is 17.9 Å². The topological polar surface area (TPSA) is 49.4 Å². The predicted molar refractivity (Wildman–Crippen MR) is 70.4 cm³/mol. The van der Waals surface area contributed by atoms with Crippen molar-refractivity contribution in [2.75, 3.05) is 19.6 Å². The summed E-state index contributed by atoms with van der Waals surface area (Å²) in [6.45, 7) is 3.84. The first-order valence-corrected chi connectivity index (χ1v) is 7.74. The average Bonchev–Trinajstić information content (AvgIpc) is 2.29. The summed E-state index contributed by atoms with van der Waals surface area (Å²) < 4.78 is 27.1. The number of halogens is 1. The van der Waals surface area contributed by atoms with Crippen LogP contribution in [-0.2, 0) is 10.0 Å². The zero-order valence-electron chi connectivity index (χ0n) is 9.56. The lowest BCUT2D eigenvalue weighted by Crippen LogP contribution is -2.52. The van der Waals surface area contributed by atoms with Crippen LogP contribution in [0.3, 0.4) is 0 Å². The van der Waals surface area contributed by atoms with Crippen molar-refractivity contribution in [1.82, 2.24) is 9.62 Å². The van der Waals surface area contributed by atoms with Crippen molar-refractivity contribution in [3.63, 3.8) is 0 Å². The van der Waals surface area contributed by atoms with E-state index < -0.39 is 10.0 Å². The maximum absolute atomic E-state index is 12.5. The molecule has 0 unspecified atom stereocenters. The first-order chi connectivity index (χ1) is 8.03. The van der Waals surface area contributed by atoms with E-state index in [0.29, 0.717) is 29.0 Å². The van der Waals surface area contributed by atoms with Gasteiger partial charge < -0.3 is 5.32 Å². The molecule has 1 heterocycles. The molecule has 2 rings (SSSR count). The van der Waals surface area contributed by atoms with Gasteiger partial charge in [0.2, 0.25) is 10.0 Å². The van der Waals surface area contributed by atoms with Crippen molar-refractivity contribution in [1.29, 1.82) is 0 Å². The molecule has 0 bridgehead atoms. The summed E-state index contributed by atoms with van der Waals surface area (Å²) in [5.74, 6) is 0. The van der Waals surface area contributed by atoms with Gasteiger partial charge in [0.25, 0.3) is 0 Å². The Morgan fingerprint density at radius 2 is 2.12 bits per heavy atom. The van der Waals surface area contributed by atoms with Gasteiger partial charge >= 0.3 is 0 Å². The number of rotatable bonds is 2. The lowest BCUT2D eigenvalue weighted by molar-refractivity contribution is 0.283. The minimum Gasteiger partial charge on any atom is -0.314 e. The fourth-order valence-corrected chi connectivity index (χ4v) is 4.56. The van der Waals surface area contributed by atoms with Crippen LogP contribution in [-0.4, -0.2) is 38.4 Å². The van der Waals surface area contributed by atoms with E-state index in [1.54, 1.807) is 22.5 Å². The van der Waals surface area contributed by atoms with Gasteiger partial charge in [0.05, 0.1) is 4.90 Å². The number of sulfonamides is 1. The highest BCUT2D eigenvalue weighted by Gasteiger charge is 2.31. The largest absolute Gasteiger partial charge is 0.314 e. The van der Waals surface area contributed by atoms with Gasteiger partial charge in [-0.25, -0.2) is 8.42 Å². The number of hydrogen-bond acceptors (Lipinski definition) is 3. The second-order valence-corrected chi connectivity index (χ2v) is 6.81. The third kappa shape index (κ3) is 2.54. The van der Waals surface area contributed by atoms with Gasteiger partial charge in [-0.05, 0) is 35.0 Å². The normalized spacial score (nSPS) is 22.6. The van der Waals surface area contributed by atoms with E-state index >= 15 is 0 Å². The van der Waals surface area contributed by atoms with Crippen LogP contribution >= 0.6 is 15.9 Å². The zero-order valence-corrected chi connectivity index (χ0v) is 12.0. The van der Waals surface area contributed by atoms with E-state index in [4.69, 9.17) is 0 Å². The van der Waals surface area contributed by atoms with Gasteiger partial charge in [-0.3, -0.25) is 0 Å². The highest BCUT2D eigenvalue weighted by Crippen LogP contribution is 2.26. The molecule has 1 aromatic carbocycles. The Morgan fingerprint density at radius 1 is 1.41 bits per heavy atom. The summed E-state index contributed by atoms with van der Waals surface area (Å²) in [7, 11) is -3.40. The lowest BCUT2D eigenvalue weighted by atomic mass is 10.3. The SMILES string of the molecule is C[C@@H]1CNCCN1S(=O)(=O)c1ccccc1Br. The minimum atomic E-state index is -3.40. The molecule has 1 aliphatic rings. The molecule has 4 nitrogen and oxygen atoms in total. The van der Waals surface area contributed by atoms with Gasteiger partial charge in [0.1, 0.15) is 0 Å². The van der Waals surface area contributed by atoms with Crippen molar-refractivity contribution < 1.29 is 8.42 Å². The molecule has 0 aliphatic carbocycles. The van der Waals surface area contributed by atoms with E-state index in [2.05, 4.69) is 21.2 Å². The van der Waals surface area contributed by atoms with Gasteiger partial charge in [-0.1, -0.05) is 12.1 Å². The molecular weight excluding hydrogens is 304 g/mol. The molecule has 0 aromatic heterocycles. The molecule has 0 saturated carbocycles. The molecule has 1 N–H and O–H groups in total. The van der Waals surface area contributed by atoms with Crippen LogP contribution < -0.4 is 5.32 Å². The van der Waals surface area contributed by atoms with Crippen molar-refractivity contribution >= 4 is 26.0 Å². The molecule has 0 spiro atoms. The first-order valence-electron chi connectivity index (χ1n) is 5.50. The molecule has 1 saturated heterocycles. The second kappa shape index (κ2) is 5.06. The maximum atomic E-state index is 12.5. The molecule has 1 aromatic rings. The van der Waals surface area contributed by atoms with Crippen molar-refractivity contribution in [2.24, 2.45) is 0 Å². The number of benzene rings is 1. The van der Waals surface area contributed by atoms with E-state index in [1.165, 1.54) is 0 Å². The zero-order chi connectivity index (χ0) is 12.5. The van der Waals surface area contributed by atoms with E-state index in [9.17, 15) is 8.42 Å². The van der Waals surface area contributed by atoms with Crippen LogP contribution in [0, 0.1) is 0 Å². The summed E-state index contributed by atoms with van der Waals surface area (Å²) in [5.41, 5.74) is 0. The standard InChI is InChI=1S/C11H15BrN2O2S/c1-9-8-13-6-7-14(9)17(15,16)11-5-3-2-4-10(11)12/h2-5,9,13H,6-8H2,1H3/t9-/m1/s1. The van der Waals surface area contributed by atoms with Crippen LogP contribution in [0.15, 0.2) is 33.6 Å². The monoisotopic (exact) mass is 318 g/mol. The number of hydrogen-bond donors (Lipinski definition) is 1. The van der Waals surface area contributed by atoms with E-state index in [0.717, 1.165) is 0 Å². The van der Waals surface area contributed by atoms with Gasteiger partial charge in [0.15, 0.2) is 0 Å². The highest BCUT2D eigenvalue weighted by atomic mass is 79.9. The molecule has 1 atom stereocenters. The molecular formula is C11H15BrN2O2S. The third-order valence-electron chi connectivity index (χ3n) is 2.86. The minimum absolute atomic E-state index is 0.0131. The Hall–Kier alpha value is -0.430. The summed E-state index contributed by atoms with van der Waals surface area (Å²) in [4.78, 5) is 0.341. The molecule has 0 radical (unpaired) electrons. The van der Waals surface area contributed by atoms with Gasteiger partial charge in [0, 0.05) is 30.1 Å². The Bertz CT molecular complexity index is 504. The molecule has 0 amide bonds. The third-order valence-corrected chi connectivity index (χ3v) is 5.89. The first kappa shape index (κ1) is 13.0. The van der Waals surface area contributed by atoms with E-state index in [1.807, 2.05) is 13.0 Å². The van der Waals surface area contributed by atoms with Crippen LogP contribution in [0.5, 0.6) is 0 Å². The second-order valence-electron chi connectivity index (χ2n) is 4.10. The van der Waals surface area contributed by atoms with Crippen molar-refractivity contribution in [3.8, 4) is 0 Å². The highest BCUT2D eigenvalue weighted by molar-refractivity contribution is 9.10. The maximum Gasteiger partial charge on any atom is 0.244 e. The molecule has 17 heavy (non-hydrogen) atoms. The predicted octanol–water partition coefficient (Wildman–Crippen LogP) is 1.43. The Labute approximate surface area is 110 Å². The number of nitrogens with zero attached hydrogens (tertiary/aromatic N) is 1. The smallest absolute Gasteiger partial charge is 0.244 e. The summed E-state index contributed by atoms with van der Waals surface area (Å²) >= 11 is 3.30. The molecule has 1 aliphatic heterocycles. The lowest BCUT2D eigenvalue weighted by Gasteiger charge is -2.33. The molecule has 94 valence electrons. The number of piperazine rings is 1.